The Bertz CT molecular complexity index is 1380. The highest BCUT2D eigenvalue weighted by molar-refractivity contribution is 7.90. The minimum atomic E-state index is -3.36. The quantitative estimate of drug-likeness (QED) is 0.624. The van der Waals surface area contributed by atoms with E-state index in [1.807, 2.05) is 13.8 Å². The lowest BCUT2D eigenvalue weighted by Gasteiger charge is -2.38. The van der Waals surface area contributed by atoms with Gasteiger partial charge in [0.1, 0.15) is 17.3 Å². The summed E-state index contributed by atoms with van der Waals surface area (Å²) in [7, 11) is -1.83. The van der Waals surface area contributed by atoms with Crippen LogP contribution in [0.5, 0.6) is 0 Å². The molecule has 2 aliphatic heterocycles. The lowest BCUT2D eigenvalue weighted by atomic mass is 9.97. The van der Waals surface area contributed by atoms with E-state index < -0.39 is 33.6 Å². The zero-order valence-corrected chi connectivity index (χ0v) is 23.6. The summed E-state index contributed by atoms with van der Waals surface area (Å²) in [5.74, 6) is -0.599. The molecule has 0 aliphatic carbocycles. The summed E-state index contributed by atoms with van der Waals surface area (Å²) in [4.78, 5) is 43.2. The van der Waals surface area contributed by atoms with Crippen molar-refractivity contribution in [2.75, 3.05) is 19.8 Å². The zero-order valence-electron chi connectivity index (χ0n) is 22.8. The fourth-order valence-corrected chi connectivity index (χ4v) is 5.56. The van der Waals surface area contributed by atoms with Crippen LogP contribution in [-0.4, -0.2) is 77.4 Å². The Balaban J connectivity index is 1.73. The molecule has 0 fully saturated rings. The van der Waals surface area contributed by atoms with Crippen LogP contribution in [0.3, 0.4) is 0 Å². The number of rotatable bonds is 4. The molecule has 1 aromatic carbocycles. The number of benzene rings is 1. The van der Waals surface area contributed by atoms with Crippen LogP contribution in [-0.2, 0) is 32.3 Å². The molecule has 3 heterocycles. The number of carbonyl (C=O) groups is 3. The lowest BCUT2D eigenvalue weighted by Crippen LogP contribution is -2.49. The van der Waals surface area contributed by atoms with E-state index >= 15 is 0 Å². The van der Waals surface area contributed by atoms with Gasteiger partial charge in [0, 0.05) is 31.3 Å². The number of fused-ring (bicyclic) bond motifs is 3. The van der Waals surface area contributed by atoms with E-state index in [2.05, 4.69) is 10.4 Å². The Morgan fingerprint density at radius 1 is 1.18 bits per heavy atom. The van der Waals surface area contributed by atoms with Crippen LogP contribution in [0.4, 0.5) is 4.79 Å². The molecule has 0 saturated heterocycles. The second-order valence-corrected chi connectivity index (χ2v) is 13.0. The number of aromatic nitrogens is 2. The van der Waals surface area contributed by atoms with Crippen molar-refractivity contribution in [3.63, 3.8) is 0 Å². The highest BCUT2D eigenvalue weighted by atomic mass is 32.2. The molecule has 0 bridgehead atoms. The molecule has 1 N–H and O–H groups in total. The molecule has 0 unspecified atom stereocenters. The summed E-state index contributed by atoms with van der Waals surface area (Å²) in [6.07, 6.45) is 1.09. The van der Waals surface area contributed by atoms with Crippen molar-refractivity contribution in [3.05, 3.63) is 46.8 Å². The van der Waals surface area contributed by atoms with E-state index in [1.54, 1.807) is 42.7 Å². The van der Waals surface area contributed by atoms with E-state index in [9.17, 15) is 22.8 Å². The van der Waals surface area contributed by atoms with Crippen molar-refractivity contribution in [1.82, 2.24) is 24.9 Å². The fraction of sp³-hybridized carbons (Fsp3) is 0.538. The van der Waals surface area contributed by atoms with Gasteiger partial charge in [-0.25, -0.2) is 17.9 Å². The zero-order chi connectivity index (χ0) is 28.2. The van der Waals surface area contributed by atoms with Crippen LogP contribution in [0.2, 0.25) is 0 Å². The van der Waals surface area contributed by atoms with Gasteiger partial charge in [0.15, 0.2) is 9.84 Å². The summed E-state index contributed by atoms with van der Waals surface area (Å²) in [5.41, 5.74) is 1.63. The van der Waals surface area contributed by atoms with Crippen molar-refractivity contribution in [1.29, 1.82) is 0 Å². The Labute approximate surface area is 223 Å². The average Bonchev–Trinajstić information content (AvgIpc) is 3.20. The van der Waals surface area contributed by atoms with E-state index in [4.69, 9.17) is 4.74 Å². The predicted octanol–water partition coefficient (Wildman–Crippen LogP) is 2.47. The van der Waals surface area contributed by atoms with Crippen LogP contribution >= 0.6 is 0 Å². The van der Waals surface area contributed by atoms with Crippen LogP contribution in [0.15, 0.2) is 29.2 Å². The molecule has 206 valence electrons. The van der Waals surface area contributed by atoms with Crippen LogP contribution in [0.1, 0.15) is 74.0 Å². The molecular formula is C26H35N5O6S. The molecule has 38 heavy (non-hydrogen) atoms. The molecule has 3 amide bonds. The topological polar surface area (TPSA) is 131 Å². The maximum Gasteiger partial charge on any atom is 0.410 e. The number of sulfone groups is 1. The van der Waals surface area contributed by atoms with Crippen molar-refractivity contribution in [3.8, 4) is 0 Å². The van der Waals surface area contributed by atoms with Gasteiger partial charge in [0.25, 0.3) is 5.91 Å². The SMILES string of the molecule is CNC(=O)[C@@H]1CN([C@@H](C)c2ccc(S(C)(=O)=O)cc2)C(=O)c2c3c(nn21)C[C@@H](C)N(C(=O)OC(C)(C)C)C3. The Morgan fingerprint density at radius 3 is 2.37 bits per heavy atom. The molecule has 2 aliphatic rings. The number of carbonyl (C=O) groups excluding carboxylic acids is 3. The maximum absolute atomic E-state index is 13.9. The Kier molecular flexibility index (Phi) is 7.06. The number of hydrogen-bond acceptors (Lipinski definition) is 7. The minimum absolute atomic E-state index is 0.0897. The number of nitrogens with one attached hydrogen (secondary N) is 1. The van der Waals surface area contributed by atoms with Crippen molar-refractivity contribution >= 4 is 27.7 Å². The standard InChI is InChI=1S/C26H35N5O6S/c1-15-12-20-19(13-29(15)25(34)37-26(3,4)5)22-24(33)30(14-21(23(32)27-6)31(22)28-20)16(2)17-8-10-18(11-9-17)38(7,35)36/h8-11,15-16,21H,12-14H2,1-7H3,(H,27,32)/t15-,16+,21+/m1/s1. The first kappa shape index (κ1) is 27.6. The number of likely N-dealkylation sites (N-methyl/N-ethyl adjacent to an activating group) is 1. The van der Waals surface area contributed by atoms with Gasteiger partial charge < -0.3 is 19.9 Å². The summed E-state index contributed by atoms with van der Waals surface area (Å²) in [6.45, 7) is 9.36. The van der Waals surface area contributed by atoms with Crippen LogP contribution in [0, 0.1) is 0 Å². The molecule has 4 rings (SSSR count). The van der Waals surface area contributed by atoms with Gasteiger partial charge in [0.05, 0.1) is 29.7 Å². The highest BCUT2D eigenvalue weighted by Crippen LogP contribution is 2.35. The predicted molar refractivity (Wildman–Crippen MR) is 139 cm³/mol. The molecule has 2 aromatic rings. The first-order chi connectivity index (χ1) is 17.6. The third-order valence-corrected chi connectivity index (χ3v) is 8.13. The van der Waals surface area contributed by atoms with Gasteiger partial charge in [-0.3, -0.25) is 9.59 Å². The smallest absolute Gasteiger partial charge is 0.410 e. The maximum atomic E-state index is 13.9. The van der Waals surface area contributed by atoms with Gasteiger partial charge in [-0.1, -0.05) is 12.1 Å². The summed E-state index contributed by atoms with van der Waals surface area (Å²) < 4.78 is 30.9. The van der Waals surface area contributed by atoms with Gasteiger partial charge in [-0.2, -0.15) is 5.10 Å². The molecule has 1 aromatic heterocycles. The molecular weight excluding hydrogens is 510 g/mol. The lowest BCUT2D eigenvalue weighted by molar-refractivity contribution is -0.125. The third-order valence-electron chi connectivity index (χ3n) is 7.00. The first-order valence-electron chi connectivity index (χ1n) is 12.5. The summed E-state index contributed by atoms with van der Waals surface area (Å²) in [5, 5.41) is 7.35. The molecule has 0 saturated carbocycles. The van der Waals surface area contributed by atoms with Crippen LogP contribution in [0.25, 0.3) is 0 Å². The van der Waals surface area contributed by atoms with Crippen molar-refractivity contribution in [2.24, 2.45) is 0 Å². The monoisotopic (exact) mass is 545 g/mol. The molecule has 3 atom stereocenters. The largest absolute Gasteiger partial charge is 0.444 e. The number of ether oxygens (including phenoxy) is 1. The number of nitrogens with zero attached hydrogens (tertiary/aromatic N) is 4. The second-order valence-electron chi connectivity index (χ2n) is 11.0. The summed E-state index contributed by atoms with van der Waals surface area (Å²) >= 11 is 0. The normalized spacial score (nSPS) is 20.4. The first-order valence-corrected chi connectivity index (χ1v) is 14.4. The van der Waals surface area contributed by atoms with Gasteiger partial charge in [-0.05, 0) is 52.3 Å². The van der Waals surface area contributed by atoms with Crippen molar-refractivity contribution < 1.29 is 27.5 Å². The summed E-state index contributed by atoms with van der Waals surface area (Å²) in [6, 6.07) is 4.96. The van der Waals surface area contributed by atoms with E-state index in [-0.39, 0.29) is 41.5 Å². The number of amides is 3. The minimum Gasteiger partial charge on any atom is -0.444 e. The second kappa shape index (κ2) is 9.72. The Hall–Kier alpha value is -3.41. The molecule has 12 heteroatoms. The highest BCUT2D eigenvalue weighted by Gasteiger charge is 2.44. The van der Waals surface area contributed by atoms with Gasteiger partial charge in [0.2, 0.25) is 5.91 Å². The van der Waals surface area contributed by atoms with Crippen LogP contribution < -0.4 is 5.32 Å². The number of hydrogen-bond donors (Lipinski definition) is 1. The van der Waals surface area contributed by atoms with Crippen molar-refractivity contribution in [2.45, 2.75) is 76.2 Å². The van der Waals surface area contributed by atoms with Gasteiger partial charge >= 0.3 is 6.09 Å². The molecule has 11 nitrogen and oxygen atoms in total. The Morgan fingerprint density at radius 2 is 1.82 bits per heavy atom. The fourth-order valence-electron chi connectivity index (χ4n) is 4.93. The van der Waals surface area contributed by atoms with E-state index in [1.165, 1.54) is 23.9 Å². The van der Waals surface area contributed by atoms with Gasteiger partial charge in [-0.15, -0.1) is 0 Å². The molecule has 0 radical (unpaired) electrons. The molecule has 0 spiro atoms. The van der Waals surface area contributed by atoms with E-state index in [0.29, 0.717) is 17.7 Å². The van der Waals surface area contributed by atoms with E-state index in [0.717, 1.165) is 11.8 Å². The average molecular weight is 546 g/mol. The third kappa shape index (κ3) is 5.13.